The number of nitrogens with zero attached hydrogens (tertiary/aromatic N) is 3. The number of ether oxygens (including phenoxy) is 1. The molecule has 3 heterocycles. The molecule has 0 spiro atoms. The van der Waals surface area contributed by atoms with E-state index in [0.717, 1.165) is 33.9 Å². The van der Waals surface area contributed by atoms with Crippen molar-refractivity contribution in [2.75, 3.05) is 7.11 Å². The van der Waals surface area contributed by atoms with E-state index in [-0.39, 0.29) is 6.04 Å². The Balaban J connectivity index is 1.59. The first-order valence-electron chi connectivity index (χ1n) is 10.9. The lowest BCUT2D eigenvalue weighted by atomic mass is 9.94. The Hall–Kier alpha value is -3.91. The van der Waals surface area contributed by atoms with Crippen molar-refractivity contribution in [2.45, 2.75) is 26.4 Å². The van der Waals surface area contributed by atoms with E-state index >= 15 is 0 Å². The lowest BCUT2D eigenvalue weighted by Gasteiger charge is -2.37. The molecule has 1 aliphatic heterocycles. The van der Waals surface area contributed by atoms with E-state index in [0.29, 0.717) is 23.4 Å². The van der Waals surface area contributed by atoms with Crippen molar-refractivity contribution in [1.29, 1.82) is 0 Å². The molecule has 5 rings (SSSR count). The average Bonchev–Trinajstić information content (AvgIpc) is 3.54. The molecule has 1 N–H and O–H groups in total. The molecule has 4 aromatic rings. The molecule has 0 saturated carbocycles. The smallest absolute Gasteiger partial charge is 0.258 e. The largest absolute Gasteiger partial charge is 0.497 e. The first-order chi connectivity index (χ1) is 16.5. The van der Waals surface area contributed by atoms with Gasteiger partial charge in [0.1, 0.15) is 11.5 Å². The maximum Gasteiger partial charge on any atom is 0.258 e. The van der Waals surface area contributed by atoms with E-state index in [2.05, 4.69) is 41.7 Å². The number of rotatable bonds is 6. The molecule has 0 amide bonds. The normalized spacial score (nSPS) is 16.0. The zero-order valence-electron chi connectivity index (χ0n) is 19.1. The predicted molar refractivity (Wildman–Crippen MR) is 133 cm³/mol. The molecule has 0 fully saturated rings. The molecule has 0 bridgehead atoms. The number of furan rings is 1. The first-order valence-corrected chi connectivity index (χ1v) is 11.3. The maximum absolute atomic E-state index is 5.80. The zero-order chi connectivity index (χ0) is 23.7. The van der Waals surface area contributed by atoms with Crippen LogP contribution < -0.4 is 10.1 Å². The highest BCUT2D eigenvalue weighted by atomic mass is 32.1. The summed E-state index contributed by atoms with van der Waals surface area (Å²) >= 11 is 5.75. The summed E-state index contributed by atoms with van der Waals surface area (Å²) in [5.74, 6) is 2.45. The summed E-state index contributed by atoms with van der Waals surface area (Å²) in [4.78, 5) is 6.74. The van der Waals surface area contributed by atoms with Crippen molar-refractivity contribution >= 4 is 22.9 Å². The number of aromatic nitrogens is 2. The Bertz CT molecular complexity index is 1340. The van der Waals surface area contributed by atoms with Gasteiger partial charge in [0, 0.05) is 11.3 Å². The van der Waals surface area contributed by atoms with Crippen LogP contribution in [-0.4, -0.2) is 27.3 Å². The van der Waals surface area contributed by atoms with Gasteiger partial charge < -0.3 is 23.9 Å². The maximum atomic E-state index is 5.80. The van der Waals surface area contributed by atoms with Gasteiger partial charge in [0.15, 0.2) is 5.11 Å². The second-order valence-electron chi connectivity index (χ2n) is 8.11. The van der Waals surface area contributed by atoms with E-state index < -0.39 is 0 Å². The quantitative estimate of drug-likeness (QED) is 0.368. The van der Waals surface area contributed by atoms with Gasteiger partial charge in [-0.3, -0.25) is 0 Å². The van der Waals surface area contributed by atoms with E-state index in [1.54, 1.807) is 13.4 Å². The minimum absolute atomic E-state index is 0.237. The summed E-state index contributed by atoms with van der Waals surface area (Å²) in [5.41, 5.74) is 4.84. The van der Waals surface area contributed by atoms with Gasteiger partial charge in [-0.25, -0.2) is 0 Å². The third kappa shape index (κ3) is 4.20. The van der Waals surface area contributed by atoms with Crippen LogP contribution in [0.4, 0.5) is 0 Å². The van der Waals surface area contributed by atoms with Gasteiger partial charge in [-0.05, 0) is 55.9 Å². The highest BCUT2D eigenvalue weighted by molar-refractivity contribution is 7.80. The summed E-state index contributed by atoms with van der Waals surface area (Å²) in [6.07, 6.45) is 1.66. The molecule has 0 radical (unpaired) electrons. The minimum Gasteiger partial charge on any atom is -0.497 e. The minimum atomic E-state index is -0.237. The number of nitrogens with one attached hydrogen (secondary N) is 1. The average molecular weight is 473 g/mol. The molecule has 1 aliphatic rings. The molecule has 1 unspecified atom stereocenters. The van der Waals surface area contributed by atoms with Crippen LogP contribution in [0.3, 0.4) is 0 Å². The molecular formula is C26H24N4O3S. The Labute approximate surface area is 203 Å². The first kappa shape index (κ1) is 21.9. The van der Waals surface area contributed by atoms with Crippen LogP contribution in [-0.2, 0) is 6.54 Å². The van der Waals surface area contributed by atoms with Crippen LogP contribution in [0.2, 0.25) is 0 Å². The monoisotopic (exact) mass is 472 g/mol. The summed E-state index contributed by atoms with van der Waals surface area (Å²) in [7, 11) is 1.63. The van der Waals surface area contributed by atoms with Gasteiger partial charge in [-0.2, -0.15) is 4.98 Å². The van der Waals surface area contributed by atoms with E-state index in [9.17, 15) is 0 Å². The molecule has 1 atom stereocenters. The lowest BCUT2D eigenvalue weighted by molar-refractivity contribution is 0.382. The van der Waals surface area contributed by atoms with Crippen molar-refractivity contribution in [3.8, 4) is 17.1 Å². The van der Waals surface area contributed by atoms with Crippen molar-refractivity contribution < 1.29 is 13.7 Å². The summed E-state index contributed by atoms with van der Waals surface area (Å²) in [6, 6.07) is 19.5. The summed E-state index contributed by atoms with van der Waals surface area (Å²) in [6.45, 7) is 4.57. The summed E-state index contributed by atoms with van der Waals surface area (Å²) < 4.78 is 16.7. The number of methoxy groups -OCH3 is 1. The zero-order valence-corrected chi connectivity index (χ0v) is 19.9. The van der Waals surface area contributed by atoms with Crippen LogP contribution in [0, 0.1) is 6.92 Å². The second-order valence-corrected chi connectivity index (χ2v) is 8.50. The number of hydrogen-bond acceptors (Lipinski definition) is 6. The molecule has 0 saturated heterocycles. The van der Waals surface area contributed by atoms with Crippen molar-refractivity contribution in [3.05, 3.63) is 95.4 Å². The van der Waals surface area contributed by atoms with Crippen LogP contribution in [0.15, 0.2) is 81.6 Å². The molecule has 0 aliphatic carbocycles. The van der Waals surface area contributed by atoms with Crippen LogP contribution >= 0.6 is 12.2 Å². The fourth-order valence-electron chi connectivity index (χ4n) is 4.03. The Morgan fingerprint density at radius 3 is 2.65 bits per heavy atom. The van der Waals surface area contributed by atoms with Gasteiger partial charge >= 0.3 is 0 Å². The van der Waals surface area contributed by atoms with Crippen molar-refractivity contribution in [3.63, 3.8) is 0 Å². The van der Waals surface area contributed by atoms with Crippen LogP contribution in [0.25, 0.3) is 17.0 Å². The molecular weight excluding hydrogens is 448 g/mol. The standard InChI is InChI=1S/C26H24N4O3S/c1-16-9-11-18(12-10-16)23-22(17(2)30(26(34)27-23)15-21-8-5-13-32-21)25-28-24(29-33-25)19-6-4-7-20(14-19)31-3/h4-14,23H,15H2,1-3H3,(H,27,34). The molecule has 2 aromatic carbocycles. The lowest BCUT2D eigenvalue weighted by Crippen LogP contribution is -2.45. The number of thiocarbonyl (C=S) groups is 1. The van der Waals surface area contributed by atoms with Crippen molar-refractivity contribution in [1.82, 2.24) is 20.4 Å². The molecule has 2 aromatic heterocycles. The van der Waals surface area contributed by atoms with Gasteiger partial charge in [-0.15, -0.1) is 0 Å². The topological polar surface area (TPSA) is 76.6 Å². The second kappa shape index (κ2) is 9.15. The van der Waals surface area contributed by atoms with Crippen LogP contribution in [0.1, 0.15) is 35.7 Å². The molecule has 172 valence electrons. The number of aryl methyl sites for hydroxylation is 1. The third-order valence-electron chi connectivity index (χ3n) is 5.89. The fourth-order valence-corrected chi connectivity index (χ4v) is 4.35. The van der Waals surface area contributed by atoms with Gasteiger partial charge in [-0.1, -0.05) is 47.1 Å². The Kier molecular flexibility index (Phi) is 5.90. The molecule has 7 nitrogen and oxygen atoms in total. The highest BCUT2D eigenvalue weighted by Crippen LogP contribution is 2.38. The molecule has 34 heavy (non-hydrogen) atoms. The fraction of sp³-hybridized carbons (Fsp3) is 0.192. The predicted octanol–water partition coefficient (Wildman–Crippen LogP) is 5.51. The number of hydrogen-bond donors (Lipinski definition) is 1. The highest BCUT2D eigenvalue weighted by Gasteiger charge is 2.34. The number of benzene rings is 2. The van der Waals surface area contributed by atoms with E-state index in [1.165, 1.54) is 5.56 Å². The van der Waals surface area contributed by atoms with Crippen molar-refractivity contribution in [2.24, 2.45) is 0 Å². The third-order valence-corrected chi connectivity index (χ3v) is 6.22. The van der Waals surface area contributed by atoms with Gasteiger partial charge in [0.05, 0.1) is 31.5 Å². The summed E-state index contributed by atoms with van der Waals surface area (Å²) in [5, 5.41) is 8.34. The SMILES string of the molecule is COc1cccc(-c2noc(C3=C(C)N(Cc4ccco4)C(=S)NC3c3ccc(C)cc3)n2)c1. The van der Waals surface area contributed by atoms with E-state index in [4.69, 9.17) is 30.9 Å². The van der Waals surface area contributed by atoms with Crippen LogP contribution in [0.5, 0.6) is 5.75 Å². The number of allylic oxidation sites excluding steroid dienone is 1. The Morgan fingerprint density at radius 1 is 1.09 bits per heavy atom. The van der Waals surface area contributed by atoms with Gasteiger partial charge in [0.2, 0.25) is 5.82 Å². The van der Waals surface area contributed by atoms with E-state index in [1.807, 2.05) is 48.2 Å². The van der Waals surface area contributed by atoms with Gasteiger partial charge in [0.25, 0.3) is 5.89 Å². The molecule has 8 heteroatoms. The Morgan fingerprint density at radius 2 is 1.91 bits per heavy atom.